The van der Waals surface area contributed by atoms with Crippen molar-refractivity contribution in [2.75, 3.05) is 45.7 Å². The summed E-state index contributed by atoms with van der Waals surface area (Å²) in [6.45, 7) is 7.12. The number of likely N-dealkylation sites (tertiary alicyclic amines) is 1. The number of likely N-dealkylation sites (N-methyl/N-ethyl adjacent to an activating group) is 1. The number of anilines is 1. The highest BCUT2D eigenvalue weighted by Gasteiger charge is 2.45. The number of fused-ring (bicyclic) bond motifs is 1. The van der Waals surface area contributed by atoms with Gasteiger partial charge in [0.1, 0.15) is 29.5 Å². The van der Waals surface area contributed by atoms with Crippen LogP contribution in [0.2, 0.25) is 5.02 Å². The van der Waals surface area contributed by atoms with Crippen LogP contribution in [0, 0.1) is 11.3 Å². The molecule has 1 saturated heterocycles. The van der Waals surface area contributed by atoms with E-state index in [1.807, 2.05) is 41.9 Å². The van der Waals surface area contributed by atoms with E-state index in [9.17, 15) is 10.1 Å². The van der Waals surface area contributed by atoms with Gasteiger partial charge in [-0.3, -0.25) is 0 Å². The number of hydrogen-bond acceptors (Lipinski definition) is 6. The summed E-state index contributed by atoms with van der Waals surface area (Å²) in [4.78, 5) is 22.4. The first-order chi connectivity index (χ1) is 14.5. The Morgan fingerprint density at radius 1 is 1.39 bits per heavy atom. The molecular weight excluding hydrogens is 418 g/mol. The number of carbonyl (C=O) groups excluding carboxylic acids is 1. The van der Waals surface area contributed by atoms with Crippen molar-refractivity contribution in [3.05, 3.63) is 16.7 Å². The normalized spacial score (nSPS) is 17.9. The summed E-state index contributed by atoms with van der Waals surface area (Å²) in [5, 5.41) is 10.3. The number of rotatable bonds is 2. The summed E-state index contributed by atoms with van der Waals surface area (Å²) in [5.41, 5.74) is 0.702. The average Bonchev–Trinajstić information content (AvgIpc) is 2.68. The number of benzene rings is 1. The van der Waals surface area contributed by atoms with E-state index in [0.717, 1.165) is 0 Å². The maximum Gasteiger partial charge on any atom is 0.410 e. The second kappa shape index (κ2) is 8.46. The summed E-state index contributed by atoms with van der Waals surface area (Å²) in [6, 6.07) is 3.92. The maximum absolute atomic E-state index is 12.4. The Hall–Kier alpha value is -2.66. The number of hydrogen-bond donors (Lipinski definition) is 0. The Morgan fingerprint density at radius 3 is 2.58 bits per heavy atom. The van der Waals surface area contributed by atoms with E-state index in [-0.39, 0.29) is 11.6 Å². The van der Waals surface area contributed by atoms with Crippen LogP contribution in [-0.2, 0) is 4.74 Å². The Labute approximate surface area is 189 Å². The van der Waals surface area contributed by atoms with Gasteiger partial charge in [0, 0.05) is 34.2 Å². The third-order valence-electron chi connectivity index (χ3n) is 5.61. The Balaban J connectivity index is 1.85. The van der Waals surface area contributed by atoms with Gasteiger partial charge in [-0.2, -0.15) is 5.26 Å². The third-order valence-corrected chi connectivity index (χ3v) is 5.89. The van der Waals surface area contributed by atoms with Gasteiger partial charge in [-0.05, 0) is 39.7 Å². The van der Waals surface area contributed by atoms with Crippen molar-refractivity contribution in [1.29, 1.82) is 5.26 Å². The van der Waals surface area contributed by atoms with E-state index >= 15 is 0 Å². The molecule has 0 aromatic heterocycles. The largest absolute Gasteiger partial charge is 0.487 e. The van der Waals surface area contributed by atoms with Crippen molar-refractivity contribution >= 4 is 35.4 Å². The van der Waals surface area contributed by atoms with Crippen LogP contribution in [0.1, 0.15) is 39.2 Å². The minimum absolute atomic E-state index is 0.296. The van der Waals surface area contributed by atoms with E-state index in [0.29, 0.717) is 60.2 Å². The van der Waals surface area contributed by atoms with Gasteiger partial charge in [0.2, 0.25) is 0 Å². The zero-order valence-corrected chi connectivity index (χ0v) is 19.8. The van der Waals surface area contributed by atoms with Crippen molar-refractivity contribution < 1.29 is 14.3 Å². The molecule has 8 nitrogen and oxygen atoms in total. The van der Waals surface area contributed by atoms with Gasteiger partial charge in [0.05, 0.1) is 22.6 Å². The molecule has 31 heavy (non-hydrogen) atoms. The summed E-state index contributed by atoms with van der Waals surface area (Å²) in [6.07, 6.45) is 2.75. The molecule has 0 N–H and O–H groups in total. The van der Waals surface area contributed by atoms with Crippen molar-refractivity contribution in [2.45, 2.75) is 44.8 Å². The number of aliphatic imine (C=N–C) groups is 1. The molecule has 2 aliphatic rings. The van der Waals surface area contributed by atoms with Crippen molar-refractivity contribution in [3.8, 4) is 11.8 Å². The second-order valence-corrected chi connectivity index (χ2v) is 9.70. The fraction of sp³-hybridized carbons (Fsp3) is 0.591. The fourth-order valence-corrected chi connectivity index (χ4v) is 4.21. The minimum atomic E-state index is -0.524. The number of nitriles is 1. The van der Waals surface area contributed by atoms with Gasteiger partial charge in [-0.25, -0.2) is 9.79 Å². The molecule has 0 saturated carbocycles. The first-order valence-corrected chi connectivity index (χ1v) is 10.7. The summed E-state index contributed by atoms with van der Waals surface area (Å²) in [5.74, 6) is 0.462. The van der Waals surface area contributed by atoms with E-state index in [1.165, 1.54) is 0 Å². The van der Waals surface area contributed by atoms with Crippen LogP contribution in [-0.4, -0.2) is 74.2 Å². The SMILES string of the molecule is CN(C)C=Nc1cc(Cl)c2c(c1C#N)OCC1(CCN(C(=O)OC(C)(C)C)CC1)N2C. The van der Waals surface area contributed by atoms with E-state index in [2.05, 4.69) is 16.0 Å². The molecule has 1 amide bonds. The van der Waals surface area contributed by atoms with Crippen molar-refractivity contribution in [3.63, 3.8) is 0 Å². The highest BCUT2D eigenvalue weighted by atomic mass is 35.5. The van der Waals surface area contributed by atoms with E-state index in [4.69, 9.17) is 21.1 Å². The van der Waals surface area contributed by atoms with Crippen LogP contribution >= 0.6 is 11.6 Å². The number of amides is 1. The van der Waals surface area contributed by atoms with Gasteiger partial charge in [0.25, 0.3) is 0 Å². The molecule has 1 fully saturated rings. The molecule has 168 valence electrons. The first-order valence-electron chi connectivity index (χ1n) is 10.3. The Kier molecular flexibility index (Phi) is 6.28. The smallest absolute Gasteiger partial charge is 0.410 e. The highest BCUT2D eigenvalue weighted by Crippen LogP contribution is 2.49. The molecule has 1 aromatic rings. The minimum Gasteiger partial charge on any atom is -0.487 e. The Bertz CT molecular complexity index is 925. The number of halogens is 1. The number of piperidine rings is 1. The highest BCUT2D eigenvalue weighted by molar-refractivity contribution is 6.34. The van der Waals surface area contributed by atoms with E-state index < -0.39 is 5.60 Å². The standard InChI is InChI=1S/C22H30ClN5O3/c1-21(2,3)31-20(29)28-9-7-22(8-10-28)13-30-19-15(12-24)17(25-14-26(4)5)11-16(23)18(19)27(22)6/h11,14H,7-10,13H2,1-6H3. The zero-order valence-electron chi connectivity index (χ0n) is 19.0. The molecule has 0 radical (unpaired) electrons. The van der Waals surface area contributed by atoms with Crippen LogP contribution in [0.25, 0.3) is 0 Å². The molecule has 0 aliphatic carbocycles. The first kappa shape index (κ1) is 23.0. The quantitative estimate of drug-likeness (QED) is 0.503. The molecule has 3 rings (SSSR count). The van der Waals surface area contributed by atoms with Crippen LogP contribution in [0.3, 0.4) is 0 Å². The number of carbonyl (C=O) groups is 1. The maximum atomic E-state index is 12.4. The van der Waals surface area contributed by atoms with Crippen LogP contribution in [0.15, 0.2) is 11.1 Å². The number of ether oxygens (including phenoxy) is 2. The van der Waals surface area contributed by atoms with Crippen molar-refractivity contribution in [1.82, 2.24) is 9.80 Å². The molecule has 9 heteroatoms. The lowest BCUT2D eigenvalue weighted by Gasteiger charge is -2.51. The average molecular weight is 448 g/mol. The van der Waals surface area contributed by atoms with Gasteiger partial charge < -0.3 is 24.2 Å². The van der Waals surface area contributed by atoms with Crippen molar-refractivity contribution in [2.24, 2.45) is 4.99 Å². The monoisotopic (exact) mass is 447 g/mol. The molecular formula is C22H30ClN5O3. The lowest BCUT2D eigenvalue weighted by atomic mass is 9.85. The van der Waals surface area contributed by atoms with Crippen LogP contribution in [0.4, 0.5) is 16.2 Å². The van der Waals surface area contributed by atoms with Crippen LogP contribution in [0.5, 0.6) is 5.75 Å². The molecule has 1 aromatic carbocycles. The lowest BCUT2D eigenvalue weighted by molar-refractivity contribution is 0.0128. The summed E-state index contributed by atoms with van der Waals surface area (Å²) in [7, 11) is 5.68. The third kappa shape index (κ3) is 4.67. The summed E-state index contributed by atoms with van der Waals surface area (Å²) >= 11 is 6.64. The predicted octanol–water partition coefficient (Wildman–Crippen LogP) is 4.03. The zero-order chi connectivity index (χ0) is 23.0. The Morgan fingerprint density at radius 2 is 2.03 bits per heavy atom. The summed E-state index contributed by atoms with van der Waals surface area (Å²) < 4.78 is 11.6. The molecule has 2 heterocycles. The molecule has 1 spiro atoms. The molecule has 2 aliphatic heterocycles. The topological polar surface area (TPSA) is 81.4 Å². The molecule has 0 bridgehead atoms. The van der Waals surface area contributed by atoms with Crippen LogP contribution < -0.4 is 9.64 Å². The number of nitrogens with zero attached hydrogens (tertiary/aromatic N) is 5. The van der Waals surface area contributed by atoms with Gasteiger partial charge in [-0.1, -0.05) is 11.6 Å². The van der Waals surface area contributed by atoms with E-state index in [1.54, 1.807) is 22.2 Å². The predicted molar refractivity (Wildman–Crippen MR) is 122 cm³/mol. The fourth-order valence-electron chi connectivity index (χ4n) is 3.90. The van der Waals surface area contributed by atoms with Gasteiger partial charge in [0.15, 0.2) is 5.75 Å². The lowest BCUT2D eigenvalue weighted by Crippen LogP contribution is -2.60. The second-order valence-electron chi connectivity index (χ2n) is 9.29. The van der Waals surface area contributed by atoms with Gasteiger partial charge >= 0.3 is 6.09 Å². The van der Waals surface area contributed by atoms with Gasteiger partial charge in [-0.15, -0.1) is 0 Å². The molecule has 0 atom stereocenters. The molecule has 0 unspecified atom stereocenters.